The van der Waals surface area contributed by atoms with Gasteiger partial charge in [-0.15, -0.1) is 11.3 Å². The Morgan fingerprint density at radius 3 is 2.78 bits per heavy atom. The SMILES string of the molecule is NC1(c2noc(-c3cnc(-c4ccccc4F)s3)n2)CCCC1. The lowest BCUT2D eigenvalue weighted by molar-refractivity contribution is 0.373. The Hall–Kier alpha value is -2.12. The maximum absolute atomic E-state index is 13.8. The van der Waals surface area contributed by atoms with E-state index in [0.717, 1.165) is 25.7 Å². The van der Waals surface area contributed by atoms with E-state index in [1.807, 2.05) is 0 Å². The molecule has 0 amide bonds. The summed E-state index contributed by atoms with van der Waals surface area (Å²) >= 11 is 1.32. The molecule has 1 aliphatic carbocycles. The standard InChI is InChI=1S/C16H15FN4OS/c17-11-6-2-1-5-10(11)14-19-9-12(23-14)13-20-15(21-22-13)16(18)7-3-4-8-16/h1-2,5-6,9H,3-4,7-8,18H2. The first kappa shape index (κ1) is 14.5. The molecule has 4 rings (SSSR count). The molecule has 1 aliphatic rings. The van der Waals surface area contributed by atoms with Crippen molar-refractivity contribution < 1.29 is 8.91 Å². The van der Waals surface area contributed by atoms with Crippen molar-refractivity contribution in [3.8, 4) is 21.3 Å². The molecule has 23 heavy (non-hydrogen) atoms. The van der Waals surface area contributed by atoms with Crippen LogP contribution in [-0.4, -0.2) is 15.1 Å². The van der Waals surface area contributed by atoms with E-state index in [1.54, 1.807) is 24.4 Å². The number of hydrogen-bond acceptors (Lipinski definition) is 6. The summed E-state index contributed by atoms with van der Waals surface area (Å²) in [4.78, 5) is 9.42. The van der Waals surface area contributed by atoms with Crippen molar-refractivity contribution in [2.45, 2.75) is 31.2 Å². The van der Waals surface area contributed by atoms with E-state index in [0.29, 0.717) is 27.2 Å². The fraction of sp³-hybridized carbons (Fsp3) is 0.312. The lowest BCUT2D eigenvalue weighted by Crippen LogP contribution is -2.34. The molecule has 2 heterocycles. The topological polar surface area (TPSA) is 77.8 Å². The van der Waals surface area contributed by atoms with E-state index in [2.05, 4.69) is 15.1 Å². The summed E-state index contributed by atoms with van der Waals surface area (Å²) in [6, 6.07) is 6.55. The van der Waals surface area contributed by atoms with Crippen LogP contribution in [0.3, 0.4) is 0 Å². The van der Waals surface area contributed by atoms with Crippen LogP contribution in [0.1, 0.15) is 31.5 Å². The van der Waals surface area contributed by atoms with Crippen LogP contribution in [0, 0.1) is 5.82 Å². The van der Waals surface area contributed by atoms with Gasteiger partial charge in [-0.2, -0.15) is 4.98 Å². The molecule has 0 atom stereocenters. The summed E-state index contributed by atoms with van der Waals surface area (Å²) in [5, 5.41) is 4.62. The molecule has 0 saturated heterocycles. The Kier molecular flexibility index (Phi) is 3.46. The molecule has 1 aromatic carbocycles. The molecule has 2 N–H and O–H groups in total. The van der Waals surface area contributed by atoms with Gasteiger partial charge < -0.3 is 10.3 Å². The highest BCUT2D eigenvalue weighted by molar-refractivity contribution is 7.18. The molecule has 0 spiro atoms. The smallest absolute Gasteiger partial charge is 0.269 e. The molecular weight excluding hydrogens is 315 g/mol. The van der Waals surface area contributed by atoms with Gasteiger partial charge in [0.25, 0.3) is 5.89 Å². The minimum absolute atomic E-state index is 0.300. The fourth-order valence-corrected chi connectivity index (χ4v) is 3.75. The second-order valence-electron chi connectivity index (χ2n) is 5.80. The normalized spacial score (nSPS) is 16.8. The highest BCUT2D eigenvalue weighted by Crippen LogP contribution is 2.37. The van der Waals surface area contributed by atoms with Crippen molar-refractivity contribution in [3.63, 3.8) is 0 Å². The third-order valence-electron chi connectivity index (χ3n) is 4.19. The van der Waals surface area contributed by atoms with Crippen molar-refractivity contribution in [3.05, 3.63) is 42.1 Å². The number of nitrogens with zero attached hydrogens (tertiary/aromatic N) is 3. The predicted molar refractivity (Wildman–Crippen MR) is 85.1 cm³/mol. The Balaban J connectivity index is 1.65. The summed E-state index contributed by atoms with van der Waals surface area (Å²) < 4.78 is 19.2. The second-order valence-corrected chi connectivity index (χ2v) is 6.83. The van der Waals surface area contributed by atoms with Gasteiger partial charge in [-0.1, -0.05) is 30.1 Å². The molecule has 1 saturated carbocycles. The number of hydrogen-bond donors (Lipinski definition) is 1. The van der Waals surface area contributed by atoms with E-state index < -0.39 is 5.54 Å². The average molecular weight is 330 g/mol. The number of halogens is 1. The number of benzene rings is 1. The van der Waals surface area contributed by atoms with E-state index >= 15 is 0 Å². The monoisotopic (exact) mass is 330 g/mol. The van der Waals surface area contributed by atoms with Gasteiger partial charge in [-0.05, 0) is 25.0 Å². The van der Waals surface area contributed by atoms with Gasteiger partial charge in [0.2, 0.25) is 0 Å². The Morgan fingerprint density at radius 1 is 1.22 bits per heavy atom. The first-order valence-corrected chi connectivity index (χ1v) is 8.31. The van der Waals surface area contributed by atoms with E-state index in [9.17, 15) is 4.39 Å². The quantitative estimate of drug-likeness (QED) is 0.792. The summed E-state index contributed by atoms with van der Waals surface area (Å²) in [6.45, 7) is 0. The minimum atomic E-state index is -0.485. The van der Waals surface area contributed by atoms with Crippen LogP contribution < -0.4 is 5.73 Å². The third-order valence-corrected chi connectivity index (χ3v) is 5.21. The lowest BCUT2D eigenvalue weighted by atomic mass is 9.99. The zero-order chi connectivity index (χ0) is 15.9. The molecule has 0 bridgehead atoms. The number of rotatable bonds is 3. The number of thiazole rings is 1. The lowest BCUT2D eigenvalue weighted by Gasteiger charge is -2.17. The van der Waals surface area contributed by atoms with Crippen molar-refractivity contribution in [1.82, 2.24) is 15.1 Å². The maximum atomic E-state index is 13.8. The van der Waals surface area contributed by atoms with Crippen molar-refractivity contribution in [1.29, 1.82) is 0 Å². The van der Waals surface area contributed by atoms with Crippen molar-refractivity contribution in [2.75, 3.05) is 0 Å². The predicted octanol–water partition coefficient (Wildman–Crippen LogP) is 3.73. The third kappa shape index (κ3) is 2.55. The van der Waals surface area contributed by atoms with Crippen LogP contribution in [0.25, 0.3) is 21.3 Å². The largest absolute Gasteiger partial charge is 0.333 e. The molecule has 118 valence electrons. The molecule has 2 aromatic heterocycles. The van der Waals surface area contributed by atoms with Gasteiger partial charge in [0.05, 0.1) is 11.7 Å². The van der Waals surface area contributed by atoms with E-state index in [4.69, 9.17) is 10.3 Å². The molecule has 7 heteroatoms. The van der Waals surface area contributed by atoms with Crippen LogP contribution >= 0.6 is 11.3 Å². The van der Waals surface area contributed by atoms with Gasteiger partial charge in [-0.3, -0.25) is 0 Å². The second kappa shape index (κ2) is 5.50. The molecule has 0 unspecified atom stereocenters. The fourth-order valence-electron chi connectivity index (χ4n) is 2.89. The maximum Gasteiger partial charge on any atom is 0.269 e. The highest BCUT2D eigenvalue weighted by Gasteiger charge is 2.36. The first-order chi connectivity index (χ1) is 11.2. The molecule has 0 radical (unpaired) electrons. The van der Waals surface area contributed by atoms with E-state index in [-0.39, 0.29) is 5.82 Å². The summed E-state index contributed by atoms with van der Waals surface area (Å²) in [5.74, 6) is 0.633. The Labute approximate surface area is 136 Å². The van der Waals surface area contributed by atoms with Crippen LogP contribution in [0.15, 0.2) is 35.0 Å². The van der Waals surface area contributed by atoms with Crippen LogP contribution in [-0.2, 0) is 5.54 Å². The highest BCUT2D eigenvalue weighted by atomic mass is 32.1. The number of nitrogens with two attached hydrogens (primary N) is 1. The first-order valence-electron chi connectivity index (χ1n) is 7.50. The number of aromatic nitrogens is 3. The van der Waals surface area contributed by atoms with Crippen LogP contribution in [0.4, 0.5) is 4.39 Å². The Morgan fingerprint density at radius 2 is 2.00 bits per heavy atom. The minimum Gasteiger partial charge on any atom is -0.333 e. The molecular formula is C16H15FN4OS. The zero-order valence-electron chi connectivity index (χ0n) is 12.3. The average Bonchev–Trinajstić information content (AvgIpc) is 3.27. The van der Waals surface area contributed by atoms with Gasteiger partial charge in [-0.25, -0.2) is 9.37 Å². The summed E-state index contributed by atoms with van der Waals surface area (Å²) in [5.41, 5.74) is 6.32. The van der Waals surface area contributed by atoms with Gasteiger partial charge in [0.15, 0.2) is 5.82 Å². The zero-order valence-corrected chi connectivity index (χ0v) is 13.1. The molecule has 1 fully saturated rings. The molecule has 3 aromatic rings. The van der Waals surface area contributed by atoms with Gasteiger partial charge in [0, 0.05) is 5.56 Å². The van der Waals surface area contributed by atoms with Crippen molar-refractivity contribution >= 4 is 11.3 Å². The molecule has 0 aliphatic heterocycles. The van der Waals surface area contributed by atoms with Crippen molar-refractivity contribution in [2.24, 2.45) is 5.73 Å². The molecule has 5 nitrogen and oxygen atoms in total. The van der Waals surface area contributed by atoms with E-state index in [1.165, 1.54) is 17.4 Å². The summed E-state index contributed by atoms with van der Waals surface area (Å²) in [6.07, 6.45) is 5.53. The Bertz CT molecular complexity index is 838. The van der Waals surface area contributed by atoms with Crippen LogP contribution in [0.5, 0.6) is 0 Å². The van der Waals surface area contributed by atoms with Crippen LogP contribution in [0.2, 0.25) is 0 Å². The van der Waals surface area contributed by atoms with Gasteiger partial charge >= 0.3 is 0 Å². The van der Waals surface area contributed by atoms with Gasteiger partial charge in [0.1, 0.15) is 15.7 Å². The summed E-state index contributed by atoms with van der Waals surface area (Å²) in [7, 11) is 0.